The highest BCUT2D eigenvalue weighted by atomic mass is 79.9. The van der Waals surface area contributed by atoms with E-state index in [2.05, 4.69) is 20.9 Å². The number of rotatable bonds is 3. The molecule has 2 rings (SSSR count). The highest BCUT2D eigenvalue weighted by Crippen LogP contribution is 2.16. The monoisotopic (exact) mass is 292 g/mol. The standard InChI is InChI=1S/C13H13BrN2O/c1-9-5-10(7-11(14)6-9)12(17)8-13-15-3-4-16(13)2/h3-7H,8H2,1-2H3. The van der Waals surface area contributed by atoms with Gasteiger partial charge in [-0.2, -0.15) is 0 Å². The minimum atomic E-state index is 0.0868. The Kier molecular flexibility index (Phi) is 3.43. The van der Waals surface area contributed by atoms with Crippen LogP contribution in [0.4, 0.5) is 0 Å². The number of hydrogen-bond donors (Lipinski definition) is 0. The molecule has 0 unspecified atom stereocenters. The Morgan fingerprint density at radius 2 is 2.18 bits per heavy atom. The molecule has 0 bridgehead atoms. The summed E-state index contributed by atoms with van der Waals surface area (Å²) in [5.41, 5.74) is 1.79. The topological polar surface area (TPSA) is 34.9 Å². The van der Waals surface area contributed by atoms with Crippen LogP contribution in [-0.4, -0.2) is 15.3 Å². The lowest BCUT2D eigenvalue weighted by Gasteiger charge is -2.04. The van der Waals surface area contributed by atoms with Gasteiger partial charge in [-0.1, -0.05) is 15.9 Å². The highest BCUT2D eigenvalue weighted by molar-refractivity contribution is 9.10. The SMILES string of the molecule is Cc1cc(Br)cc(C(=O)Cc2nccn2C)c1. The first kappa shape index (κ1) is 12.0. The average Bonchev–Trinajstić information content (AvgIpc) is 2.63. The number of halogens is 1. The van der Waals surface area contributed by atoms with Crippen LogP contribution < -0.4 is 0 Å². The van der Waals surface area contributed by atoms with Gasteiger partial charge in [0.2, 0.25) is 0 Å². The van der Waals surface area contributed by atoms with Crippen LogP contribution in [0.3, 0.4) is 0 Å². The van der Waals surface area contributed by atoms with E-state index in [-0.39, 0.29) is 5.78 Å². The number of hydrogen-bond acceptors (Lipinski definition) is 2. The molecular formula is C13H13BrN2O. The van der Waals surface area contributed by atoms with Gasteiger partial charge in [-0.05, 0) is 30.7 Å². The summed E-state index contributed by atoms with van der Waals surface area (Å²) in [4.78, 5) is 16.3. The molecule has 0 atom stereocenters. The first-order chi connectivity index (χ1) is 8.06. The van der Waals surface area contributed by atoms with Gasteiger partial charge < -0.3 is 4.57 Å². The molecule has 2 aromatic rings. The minimum Gasteiger partial charge on any atom is -0.338 e. The van der Waals surface area contributed by atoms with Crippen molar-refractivity contribution in [2.24, 2.45) is 7.05 Å². The number of ketones is 1. The van der Waals surface area contributed by atoms with Crippen LogP contribution in [0.25, 0.3) is 0 Å². The molecule has 1 aromatic carbocycles. The van der Waals surface area contributed by atoms with Gasteiger partial charge in [-0.25, -0.2) is 4.98 Å². The summed E-state index contributed by atoms with van der Waals surface area (Å²) in [6, 6.07) is 5.73. The lowest BCUT2D eigenvalue weighted by molar-refractivity contribution is 0.0990. The van der Waals surface area contributed by atoms with Crippen molar-refractivity contribution >= 4 is 21.7 Å². The van der Waals surface area contributed by atoms with Gasteiger partial charge in [0.15, 0.2) is 5.78 Å². The van der Waals surface area contributed by atoms with Crippen molar-refractivity contribution in [2.45, 2.75) is 13.3 Å². The van der Waals surface area contributed by atoms with Crippen molar-refractivity contribution in [3.63, 3.8) is 0 Å². The van der Waals surface area contributed by atoms with Gasteiger partial charge in [0.1, 0.15) is 5.82 Å². The highest BCUT2D eigenvalue weighted by Gasteiger charge is 2.11. The zero-order chi connectivity index (χ0) is 12.4. The van der Waals surface area contributed by atoms with Gasteiger partial charge in [0.05, 0.1) is 6.42 Å². The Morgan fingerprint density at radius 3 is 2.76 bits per heavy atom. The van der Waals surface area contributed by atoms with Crippen LogP contribution in [0.1, 0.15) is 21.7 Å². The van der Waals surface area contributed by atoms with Gasteiger partial charge >= 0.3 is 0 Å². The van der Waals surface area contributed by atoms with E-state index < -0.39 is 0 Å². The maximum Gasteiger partial charge on any atom is 0.170 e. The van der Waals surface area contributed by atoms with Crippen LogP contribution in [0.2, 0.25) is 0 Å². The Balaban J connectivity index is 2.23. The zero-order valence-electron chi connectivity index (χ0n) is 9.77. The molecule has 17 heavy (non-hydrogen) atoms. The number of imidazole rings is 1. The summed E-state index contributed by atoms with van der Waals surface area (Å²) < 4.78 is 2.80. The molecular weight excluding hydrogens is 280 g/mol. The largest absolute Gasteiger partial charge is 0.338 e. The van der Waals surface area contributed by atoms with Crippen molar-refractivity contribution in [2.75, 3.05) is 0 Å². The smallest absolute Gasteiger partial charge is 0.170 e. The first-order valence-electron chi connectivity index (χ1n) is 5.33. The Labute approximate surface area is 109 Å². The third kappa shape index (κ3) is 2.82. The maximum atomic E-state index is 12.1. The Morgan fingerprint density at radius 1 is 1.41 bits per heavy atom. The third-order valence-corrected chi connectivity index (χ3v) is 3.06. The molecule has 3 nitrogen and oxygen atoms in total. The second kappa shape index (κ2) is 4.84. The fourth-order valence-corrected chi connectivity index (χ4v) is 2.32. The summed E-state index contributed by atoms with van der Waals surface area (Å²) >= 11 is 3.40. The zero-order valence-corrected chi connectivity index (χ0v) is 11.4. The lowest BCUT2D eigenvalue weighted by Crippen LogP contribution is -2.08. The van der Waals surface area contributed by atoms with Crippen LogP contribution in [0.5, 0.6) is 0 Å². The Hall–Kier alpha value is -1.42. The van der Waals surface area contributed by atoms with Crippen LogP contribution in [0.15, 0.2) is 35.1 Å². The van der Waals surface area contributed by atoms with Crippen molar-refractivity contribution in [1.29, 1.82) is 0 Å². The number of benzene rings is 1. The molecule has 0 aliphatic heterocycles. The fourth-order valence-electron chi connectivity index (χ4n) is 1.71. The quantitative estimate of drug-likeness (QED) is 0.816. The van der Waals surface area contributed by atoms with E-state index in [9.17, 15) is 4.79 Å². The van der Waals surface area contributed by atoms with E-state index in [0.717, 1.165) is 21.4 Å². The molecule has 0 N–H and O–H groups in total. The second-order valence-electron chi connectivity index (χ2n) is 4.07. The number of carbonyl (C=O) groups excluding carboxylic acids is 1. The maximum absolute atomic E-state index is 12.1. The summed E-state index contributed by atoms with van der Waals surface area (Å²) in [7, 11) is 1.89. The van der Waals surface area contributed by atoms with Gasteiger partial charge in [0, 0.05) is 29.5 Å². The first-order valence-corrected chi connectivity index (χ1v) is 6.12. The molecule has 88 valence electrons. The minimum absolute atomic E-state index is 0.0868. The number of carbonyl (C=O) groups is 1. The fraction of sp³-hybridized carbons (Fsp3) is 0.231. The third-order valence-electron chi connectivity index (χ3n) is 2.60. The summed E-state index contributed by atoms with van der Waals surface area (Å²) in [6.07, 6.45) is 3.88. The molecule has 1 heterocycles. The number of nitrogens with zero attached hydrogens (tertiary/aromatic N) is 2. The molecule has 0 spiro atoms. The van der Waals surface area contributed by atoms with Crippen LogP contribution in [-0.2, 0) is 13.5 Å². The van der Waals surface area contributed by atoms with E-state index in [1.54, 1.807) is 6.20 Å². The Bertz CT molecular complexity index is 540. The van der Waals surface area contributed by atoms with E-state index >= 15 is 0 Å². The molecule has 0 saturated carbocycles. The van der Waals surface area contributed by atoms with Crippen molar-refractivity contribution in [3.05, 3.63) is 52.0 Å². The van der Waals surface area contributed by atoms with E-state index in [0.29, 0.717) is 6.42 Å². The summed E-state index contributed by atoms with van der Waals surface area (Å²) in [5.74, 6) is 0.872. The molecule has 1 aromatic heterocycles. The molecule has 0 fully saturated rings. The van der Waals surface area contributed by atoms with Gasteiger partial charge in [-0.3, -0.25) is 4.79 Å². The molecule has 0 aliphatic rings. The predicted molar refractivity (Wildman–Crippen MR) is 70.1 cm³/mol. The molecule has 4 heteroatoms. The molecule has 0 saturated heterocycles. The van der Waals surface area contributed by atoms with Crippen molar-refractivity contribution < 1.29 is 4.79 Å². The second-order valence-corrected chi connectivity index (χ2v) is 4.99. The van der Waals surface area contributed by atoms with E-state index in [1.807, 2.05) is 42.9 Å². The molecule has 0 aliphatic carbocycles. The van der Waals surface area contributed by atoms with Crippen molar-refractivity contribution in [3.8, 4) is 0 Å². The number of Topliss-reactive ketones (excluding diaryl/α,β-unsaturated/α-hetero) is 1. The van der Waals surface area contributed by atoms with E-state index in [4.69, 9.17) is 0 Å². The van der Waals surface area contributed by atoms with Crippen LogP contribution >= 0.6 is 15.9 Å². The van der Waals surface area contributed by atoms with Gasteiger partial charge in [-0.15, -0.1) is 0 Å². The normalized spacial score (nSPS) is 10.5. The number of aryl methyl sites for hydroxylation is 2. The lowest BCUT2D eigenvalue weighted by atomic mass is 10.1. The summed E-state index contributed by atoms with van der Waals surface area (Å²) in [6.45, 7) is 1.97. The van der Waals surface area contributed by atoms with Crippen LogP contribution in [0, 0.1) is 6.92 Å². The molecule has 0 amide bonds. The average molecular weight is 293 g/mol. The predicted octanol–water partition coefficient (Wildman–Crippen LogP) is 2.92. The number of aromatic nitrogens is 2. The molecule has 0 radical (unpaired) electrons. The van der Waals surface area contributed by atoms with Crippen molar-refractivity contribution in [1.82, 2.24) is 9.55 Å². The van der Waals surface area contributed by atoms with Gasteiger partial charge in [0.25, 0.3) is 0 Å². The van der Waals surface area contributed by atoms with E-state index in [1.165, 1.54) is 0 Å². The summed E-state index contributed by atoms with van der Waals surface area (Å²) in [5, 5.41) is 0.